The van der Waals surface area contributed by atoms with Crippen LogP contribution in [0.3, 0.4) is 0 Å². The fraction of sp³-hybridized carbons (Fsp3) is 0.167. The second kappa shape index (κ2) is 8.69. The summed E-state index contributed by atoms with van der Waals surface area (Å²) in [7, 11) is 3.19. The van der Waals surface area contributed by atoms with Crippen molar-refractivity contribution in [3.8, 4) is 11.6 Å². The molecule has 6 heteroatoms. The van der Waals surface area contributed by atoms with Crippen molar-refractivity contribution in [1.82, 2.24) is 15.3 Å². The summed E-state index contributed by atoms with van der Waals surface area (Å²) in [4.78, 5) is 20.1. The number of methoxy groups -OCH3 is 2. The molecule has 0 fully saturated rings. The van der Waals surface area contributed by atoms with Crippen LogP contribution < -0.4 is 14.8 Å². The van der Waals surface area contributed by atoms with E-state index in [2.05, 4.69) is 21.4 Å². The minimum Gasteiger partial charge on any atom is -0.497 e. The third-order valence-electron chi connectivity index (χ3n) is 5.19. The van der Waals surface area contributed by atoms with Gasteiger partial charge in [0.25, 0.3) is 5.91 Å². The highest BCUT2D eigenvalue weighted by Crippen LogP contribution is 2.31. The fourth-order valence-electron chi connectivity index (χ4n) is 3.56. The Morgan fingerprint density at radius 2 is 1.83 bits per heavy atom. The van der Waals surface area contributed by atoms with E-state index in [4.69, 9.17) is 9.47 Å². The Morgan fingerprint density at radius 3 is 2.53 bits per heavy atom. The number of rotatable bonds is 7. The predicted molar refractivity (Wildman–Crippen MR) is 116 cm³/mol. The zero-order valence-corrected chi connectivity index (χ0v) is 16.9. The summed E-state index contributed by atoms with van der Waals surface area (Å²) in [5.41, 5.74) is 3.78. The van der Waals surface area contributed by atoms with Gasteiger partial charge >= 0.3 is 0 Å². The molecule has 0 radical (unpaired) electrons. The topological polar surface area (TPSA) is 76.2 Å². The van der Waals surface area contributed by atoms with E-state index < -0.39 is 0 Å². The van der Waals surface area contributed by atoms with Crippen LogP contribution >= 0.6 is 0 Å². The lowest BCUT2D eigenvalue weighted by molar-refractivity contribution is 0.0952. The van der Waals surface area contributed by atoms with Crippen molar-refractivity contribution in [1.29, 1.82) is 0 Å². The molecule has 0 aliphatic carbocycles. The minimum atomic E-state index is -0.177. The van der Waals surface area contributed by atoms with E-state index in [1.165, 1.54) is 6.20 Å². The Labute approximate surface area is 174 Å². The van der Waals surface area contributed by atoms with Crippen molar-refractivity contribution < 1.29 is 14.3 Å². The van der Waals surface area contributed by atoms with Gasteiger partial charge in [-0.2, -0.15) is 0 Å². The van der Waals surface area contributed by atoms with Crippen LogP contribution in [0.4, 0.5) is 0 Å². The molecule has 0 spiro atoms. The number of para-hydroxylation sites is 1. The molecular weight excluding hydrogens is 378 g/mol. The first kappa shape index (κ1) is 19.5. The second-order valence-corrected chi connectivity index (χ2v) is 6.91. The van der Waals surface area contributed by atoms with E-state index in [1.54, 1.807) is 26.4 Å². The molecule has 1 unspecified atom stereocenters. The highest BCUT2D eigenvalue weighted by atomic mass is 16.5. The maximum atomic E-state index is 12.7. The first-order valence-corrected chi connectivity index (χ1v) is 9.68. The second-order valence-electron chi connectivity index (χ2n) is 6.91. The van der Waals surface area contributed by atoms with Crippen LogP contribution in [0.5, 0.6) is 11.6 Å². The zero-order valence-electron chi connectivity index (χ0n) is 16.9. The molecule has 30 heavy (non-hydrogen) atoms. The quantitative estimate of drug-likeness (QED) is 0.488. The minimum absolute atomic E-state index is 0.0257. The average molecular weight is 401 g/mol. The number of nitrogens with one attached hydrogen (secondary N) is 2. The number of aromatic nitrogens is 2. The Morgan fingerprint density at radius 1 is 1.03 bits per heavy atom. The van der Waals surface area contributed by atoms with Gasteiger partial charge in [-0.25, -0.2) is 4.98 Å². The number of amides is 1. The smallest absolute Gasteiger partial charge is 0.252 e. The molecule has 2 aromatic carbocycles. The summed E-state index contributed by atoms with van der Waals surface area (Å²) in [6.07, 6.45) is 3.53. The van der Waals surface area contributed by atoms with Crippen LogP contribution in [-0.4, -0.2) is 36.6 Å². The van der Waals surface area contributed by atoms with Crippen molar-refractivity contribution in [3.05, 3.63) is 89.7 Å². The predicted octanol–water partition coefficient (Wildman–Crippen LogP) is 4.14. The van der Waals surface area contributed by atoms with Gasteiger partial charge in [0, 0.05) is 41.8 Å². The molecule has 4 aromatic rings. The number of carbonyl (C=O) groups is 1. The molecule has 0 saturated carbocycles. The van der Waals surface area contributed by atoms with Gasteiger partial charge in [-0.1, -0.05) is 30.3 Å². The van der Waals surface area contributed by atoms with E-state index >= 15 is 0 Å². The van der Waals surface area contributed by atoms with E-state index in [0.717, 1.165) is 27.8 Å². The summed E-state index contributed by atoms with van der Waals surface area (Å²) >= 11 is 0. The molecule has 1 amide bonds. The normalized spacial score (nSPS) is 11.8. The van der Waals surface area contributed by atoms with Gasteiger partial charge in [0.15, 0.2) is 0 Å². The first-order chi connectivity index (χ1) is 14.7. The van der Waals surface area contributed by atoms with Crippen LogP contribution in [-0.2, 0) is 0 Å². The molecule has 152 valence electrons. The number of H-pyrrole nitrogens is 1. The number of benzene rings is 2. The lowest BCUT2D eigenvalue weighted by Gasteiger charge is -2.18. The van der Waals surface area contributed by atoms with Crippen LogP contribution in [0.2, 0.25) is 0 Å². The molecule has 4 rings (SSSR count). The van der Waals surface area contributed by atoms with Gasteiger partial charge < -0.3 is 19.8 Å². The lowest BCUT2D eigenvalue weighted by Crippen LogP contribution is -2.29. The van der Waals surface area contributed by atoms with Crippen molar-refractivity contribution in [3.63, 3.8) is 0 Å². The summed E-state index contributed by atoms with van der Waals surface area (Å²) in [6.45, 7) is 0.443. The SMILES string of the molecule is COc1ccc(C(CNC(=O)c2ccc(OC)nc2)c2c[nH]c3ccccc23)cc1. The number of fused-ring (bicyclic) bond motifs is 1. The highest BCUT2D eigenvalue weighted by Gasteiger charge is 2.20. The van der Waals surface area contributed by atoms with Crippen LogP contribution in [0.1, 0.15) is 27.4 Å². The van der Waals surface area contributed by atoms with Gasteiger partial charge in [0.2, 0.25) is 5.88 Å². The van der Waals surface area contributed by atoms with Crippen LogP contribution in [0, 0.1) is 0 Å². The summed E-state index contributed by atoms with van der Waals surface area (Å²) in [6, 6.07) is 19.5. The molecule has 2 heterocycles. The van der Waals surface area contributed by atoms with Gasteiger partial charge in [-0.3, -0.25) is 4.79 Å². The number of ether oxygens (including phenoxy) is 2. The third kappa shape index (κ3) is 3.98. The largest absolute Gasteiger partial charge is 0.497 e. The summed E-state index contributed by atoms with van der Waals surface area (Å²) in [5, 5.41) is 4.19. The summed E-state index contributed by atoms with van der Waals surface area (Å²) < 4.78 is 10.3. The molecule has 2 N–H and O–H groups in total. The van der Waals surface area contributed by atoms with Crippen molar-refractivity contribution >= 4 is 16.8 Å². The average Bonchev–Trinajstić information content (AvgIpc) is 3.23. The standard InChI is InChI=1S/C24H23N3O3/c1-29-18-10-7-16(8-11-18)20(21-15-25-22-6-4-3-5-19(21)22)14-27-24(28)17-9-12-23(30-2)26-13-17/h3-13,15,20,25H,14H2,1-2H3,(H,27,28). The number of carbonyl (C=O) groups excluding carboxylic acids is 1. The number of hydrogen-bond donors (Lipinski definition) is 2. The number of nitrogens with zero attached hydrogens (tertiary/aromatic N) is 1. The molecular formula is C24H23N3O3. The van der Waals surface area contributed by atoms with E-state index in [9.17, 15) is 4.79 Å². The van der Waals surface area contributed by atoms with E-state index in [1.807, 2.05) is 48.7 Å². The van der Waals surface area contributed by atoms with Gasteiger partial charge in [0.1, 0.15) is 5.75 Å². The number of hydrogen-bond acceptors (Lipinski definition) is 4. The third-order valence-corrected chi connectivity index (χ3v) is 5.19. The van der Waals surface area contributed by atoms with Crippen molar-refractivity contribution in [2.24, 2.45) is 0 Å². The molecule has 0 bridgehead atoms. The van der Waals surface area contributed by atoms with Crippen LogP contribution in [0.15, 0.2) is 73.1 Å². The molecule has 6 nitrogen and oxygen atoms in total. The lowest BCUT2D eigenvalue weighted by atomic mass is 9.90. The maximum absolute atomic E-state index is 12.7. The van der Waals surface area contributed by atoms with Gasteiger partial charge in [0.05, 0.1) is 19.8 Å². The monoisotopic (exact) mass is 401 g/mol. The number of aromatic amines is 1. The Hall–Kier alpha value is -3.80. The van der Waals surface area contributed by atoms with E-state index in [-0.39, 0.29) is 11.8 Å². The fourth-order valence-corrected chi connectivity index (χ4v) is 3.56. The van der Waals surface area contributed by atoms with Crippen molar-refractivity contribution in [2.45, 2.75) is 5.92 Å². The summed E-state index contributed by atoms with van der Waals surface area (Å²) in [5.74, 6) is 1.07. The maximum Gasteiger partial charge on any atom is 0.252 e. The molecule has 1 atom stereocenters. The highest BCUT2D eigenvalue weighted by molar-refractivity contribution is 5.94. The first-order valence-electron chi connectivity index (χ1n) is 9.68. The zero-order chi connectivity index (χ0) is 20.9. The van der Waals surface area contributed by atoms with Gasteiger partial charge in [-0.15, -0.1) is 0 Å². The molecule has 0 aliphatic rings. The van der Waals surface area contributed by atoms with Crippen LogP contribution in [0.25, 0.3) is 10.9 Å². The Kier molecular flexibility index (Phi) is 5.66. The molecule has 0 aliphatic heterocycles. The molecule has 0 saturated heterocycles. The number of pyridine rings is 1. The Balaban J connectivity index is 1.62. The molecule has 2 aromatic heterocycles. The Bertz CT molecular complexity index is 1130. The van der Waals surface area contributed by atoms with Crippen molar-refractivity contribution in [2.75, 3.05) is 20.8 Å². The van der Waals surface area contributed by atoms with E-state index in [0.29, 0.717) is 18.0 Å². The van der Waals surface area contributed by atoms with Gasteiger partial charge in [-0.05, 0) is 35.4 Å².